The van der Waals surface area contributed by atoms with Crippen LogP contribution in [0.2, 0.25) is 0 Å². The van der Waals surface area contributed by atoms with Gasteiger partial charge in [-0.3, -0.25) is 4.79 Å². The van der Waals surface area contributed by atoms with Crippen molar-refractivity contribution in [1.82, 2.24) is 0 Å². The largest absolute Gasteiger partial charge is 0.466 e. The molecule has 0 unspecified atom stereocenters. The van der Waals surface area contributed by atoms with E-state index >= 15 is 0 Å². The van der Waals surface area contributed by atoms with Crippen LogP contribution in [0.25, 0.3) is 0 Å². The second-order valence-electron chi connectivity index (χ2n) is 4.15. The van der Waals surface area contributed by atoms with Gasteiger partial charge in [0.15, 0.2) is 0 Å². The van der Waals surface area contributed by atoms with E-state index in [0.717, 1.165) is 0 Å². The molecule has 0 saturated carbocycles. The minimum atomic E-state index is -1.22. The number of aliphatic hydroxyl groups is 2. The fourth-order valence-corrected chi connectivity index (χ4v) is 1.73. The summed E-state index contributed by atoms with van der Waals surface area (Å²) in [5.74, 6) is -1.08. The van der Waals surface area contributed by atoms with Crippen LogP contribution in [0.3, 0.4) is 0 Å². The van der Waals surface area contributed by atoms with E-state index in [9.17, 15) is 19.8 Å². The summed E-state index contributed by atoms with van der Waals surface area (Å²) in [6.45, 7) is 1.82. The van der Waals surface area contributed by atoms with Crippen molar-refractivity contribution in [2.75, 3.05) is 7.11 Å². The third-order valence-corrected chi connectivity index (χ3v) is 2.69. The molecule has 1 rings (SSSR count). The molecule has 0 amide bonds. The predicted octanol–water partition coefficient (Wildman–Crippen LogP) is -0.0768. The Hall–Kier alpha value is -1.40. The summed E-state index contributed by atoms with van der Waals surface area (Å²) in [5.41, 5.74) is 0.199. The molecule has 6 nitrogen and oxygen atoms in total. The Morgan fingerprint density at radius 1 is 1.44 bits per heavy atom. The molecule has 0 aromatic heterocycles. The van der Waals surface area contributed by atoms with Gasteiger partial charge in [0, 0.05) is 18.4 Å². The monoisotopic (exact) mass is 258 g/mol. The first-order valence-electron chi connectivity index (χ1n) is 5.84. The molecule has 6 heteroatoms. The normalized spacial score (nSPS) is 27.3. The highest BCUT2D eigenvalue weighted by Gasteiger charge is 2.35. The summed E-state index contributed by atoms with van der Waals surface area (Å²) >= 11 is 0. The third-order valence-electron chi connectivity index (χ3n) is 2.69. The molecule has 0 bridgehead atoms. The molecule has 0 aliphatic heterocycles. The van der Waals surface area contributed by atoms with E-state index < -0.39 is 30.3 Å². The van der Waals surface area contributed by atoms with E-state index in [1.807, 2.05) is 6.92 Å². The molecule has 0 radical (unpaired) electrons. The zero-order valence-corrected chi connectivity index (χ0v) is 10.5. The summed E-state index contributed by atoms with van der Waals surface area (Å²) in [6.07, 6.45) is -1.23. The van der Waals surface area contributed by atoms with Crippen molar-refractivity contribution in [3.05, 3.63) is 11.6 Å². The number of ether oxygens (including phenoxy) is 2. The standard InChI is InChI=1S/C12H18O6/c1-3-4-10(14)18-9-6-7(12(16)17-2)5-8(13)11(9)15/h6,8-9,11,13,15H,3-5H2,1-2H3/t8-,9-,11+/m1/s1. The molecule has 3 atom stereocenters. The van der Waals surface area contributed by atoms with Crippen LogP contribution in [0.4, 0.5) is 0 Å². The van der Waals surface area contributed by atoms with Gasteiger partial charge in [0.1, 0.15) is 12.2 Å². The fraction of sp³-hybridized carbons (Fsp3) is 0.667. The van der Waals surface area contributed by atoms with E-state index in [0.29, 0.717) is 6.42 Å². The van der Waals surface area contributed by atoms with Crippen LogP contribution in [0, 0.1) is 0 Å². The average Bonchev–Trinajstić information content (AvgIpc) is 2.34. The third kappa shape index (κ3) is 3.54. The van der Waals surface area contributed by atoms with Gasteiger partial charge >= 0.3 is 11.9 Å². The number of methoxy groups -OCH3 is 1. The SMILES string of the molecule is CCCC(=O)O[C@@H]1C=C(C(=O)OC)C[C@@H](O)[C@@H]1O. The van der Waals surface area contributed by atoms with Crippen molar-refractivity contribution in [3.8, 4) is 0 Å². The Bertz CT molecular complexity index is 348. The number of esters is 2. The summed E-state index contributed by atoms with van der Waals surface area (Å²) in [4.78, 5) is 22.7. The number of hydrogen-bond donors (Lipinski definition) is 2. The van der Waals surface area contributed by atoms with Crippen molar-refractivity contribution in [3.63, 3.8) is 0 Å². The maximum atomic E-state index is 11.4. The van der Waals surface area contributed by atoms with Gasteiger partial charge in [-0.2, -0.15) is 0 Å². The Morgan fingerprint density at radius 3 is 2.67 bits per heavy atom. The minimum absolute atomic E-state index is 0.0182. The molecule has 18 heavy (non-hydrogen) atoms. The molecule has 0 heterocycles. The van der Waals surface area contributed by atoms with Crippen molar-refractivity contribution in [1.29, 1.82) is 0 Å². The molecule has 102 valence electrons. The quantitative estimate of drug-likeness (QED) is 0.685. The molecule has 0 aromatic rings. The first-order valence-corrected chi connectivity index (χ1v) is 5.84. The lowest BCUT2D eigenvalue weighted by molar-refractivity contribution is -0.157. The molecule has 0 fully saturated rings. The van der Waals surface area contributed by atoms with E-state index in [2.05, 4.69) is 4.74 Å². The molecule has 0 spiro atoms. The van der Waals surface area contributed by atoms with Gasteiger partial charge in [0.2, 0.25) is 0 Å². The highest BCUT2D eigenvalue weighted by molar-refractivity contribution is 5.88. The zero-order valence-electron chi connectivity index (χ0n) is 10.5. The zero-order chi connectivity index (χ0) is 13.7. The van der Waals surface area contributed by atoms with Gasteiger partial charge in [0.25, 0.3) is 0 Å². The highest BCUT2D eigenvalue weighted by Crippen LogP contribution is 2.23. The van der Waals surface area contributed by atoms with Crippen LogP contribution in [-0.2, 0) is 19.1 Å². The van der Waals surface area contributed by atoms with Crippen molar-refractivity contribution in [2.24, 2.45) is 0 Å². The molecule has 2 N–H and O–H groups in total. The van der Waals surface area contributed by atoms with Gasteiger partial charge in [-0.25, -0.2) is 4.79 Å². The lowest BCUT2D eigenvalue weighted by atomic mass is 9.92. The second kappa shape index (κ2) is 6.51. The Labute approximate surface area is 105 Å². The maximum absolute atomic E-state index is 11.4. The van der Waals surface area contributed by atoms with Crippen LogP contribution >= 0.6 is 0 Å². The van der Waals surface area contributed by atoms with Crippen LogP contribution in [0.1, 0.15) is 26.2 Å². The number of rotatable bonds is 4. The summed E-state index contributed by atoms with van der Waals surface area (Å²) in [6, 6.07) is 0. The molecular formula is C12H18O6. The highest BCUT2D eigenvalue weighted by atomic mass is 16.6. The summed E-state index contributed by atoms with van der Waals surface area (Å²) < 4.78 is 9.54. The number of carbonyl (C=O) groups excluding carboxylic acids is 2. The Kier molecular flexibility index (Phi) is 5.30. The van der Waals surface area contributed by atoms with E-state index in [1.165, 1.54) is 13.2 Å². The fourth-order valence-electron chi connectivity index (χ4n) is 1.73. The number of hydrogen-bond acceptors (Lipinski definition) is 6. The second-order valence-corrected chi connectivity index (χ2v) is 4.15. The minimum Gasteiger partial charge on any atom is -0.466 e. The van der Waals surface area contributed by atoms with E-state index in [4.69, 9.17) is 4.74 Å². The first kappa shape index (κ1) is 14.7. The maximum Gasteiger partial charge on any atom is 0.333 e. The molecule has 0 saturated heterocycles. The van der Waals surface area contributed by atoms with Crippen LogP contribution in [0.5, 0.6) is 0 Å². The lowest BCUT2D eigenvalue weighted by Crippen LogP contribution is -2.43. The molecule has 1 aliphatic carbocycles. The lowest BCUT2D eigenvalue weighted by Gasteiger charge is -2.29. The van der Waals surface area contributed by atoms with Crippen LogP contribution in [0.15, 0.2) is 11.6 Å². The van der Waals surface area contributed by atoms with Crippen LogP contribution < -0.4 is 0 Å². The Morgan fingerprint density at radius 2 is 2.11 bits per heavy atom. The summed E-state index contributed by atoms with van der Waals surface area (Å²) in [5, 5.41) is 19.3. The Balaban J connectivity index is 2.79. The predicted molar refractivity (Wildman–Crippen MR) is 61.5 cm³/mol. The van der Waals surface area contributed by atoms with E-state index in [1.54, 1.807) is 0 Å². The van der Waals surface area contributed by atoms with Gasteiger partial charge in [0.05, 0.1) is 13.2 Å². The smallest absolute Gasteiger partial charge is 0.333 e. The van der Waals surface area contributed by atoms with Gasteiger partial charge in [-0.05, 0) is 12.5 Å². The van der Waals surface area contributed by atoms with Gasteiger partial charge < -0.3 is 19.7 Å². The van der Waals surface area contributed by atoms with Crippen molar-refractivity contribution in [2.45, 2.75) is 44.5 Å². The molecular weight excluding hydrogens is 240 g/mol. The van der Waals surface area contributed by atoms with Crippen LogP contribution in [-0.4, -0.2) is 47.6 Å². The van der Waals surface area contributed by atoms with E-state index in [-0.39, 0.29) is 18.4 Å². The topological polar surface area (TPSA) is 93.1 Å². The van der Waals surface area contributed by atoms with Crippen molar-refractivity contribution >= 4 is 11.9 Å². The van der Waals surface area contributed by atoms with Gasteiger partial charge in [-0.15, -0.1) is 0 Å². The first-order chi connectivity index (χ1) is 8.49. The average molecular weight is 258 g/mol. The van der Waals surface area contributed by atoms with Crippen molar-refractivity contribution < 1.29 is 29.3 Å². The number of aliphatic hydroxyl groups excluding tert-OH is 2. The molecule has 1 aliphatic rings. The number of carbonyl (C=O) groups is 2. The summed E-state index contributed by atoms with van der Waals surface area (Å²) in [7, 11) is 1.22. The van der Waals surface area contributed by atoms with Gasteiger partial charge in [-0.1, -0.05) is 6.92 Å². The molecule has 0 aromatic carbocycles.